The second-order valence-electron chi connectivity index (χ2n) is 4.99. The molecule has 2 aromatic rings. The zero-order valence-corrected chi connectivity index (χ0v) is 15.7. The van der Waals surface area contributed by atoms with E-state index in [1.54, 1.807) is 0 Å². The molecule has 0 spiro atoms. The van der Waals surface area contributed by atoms with E-state index in [4.69, 9.17) is 0 Å². The summed E-state index contributed by atoms with van der Waals surface area (Å²) in [6.45, 7) is 4.48. The largest absolute Gasteiger partial charge is 2.00 e. The standard InChI is InChI=1S/C14H10O2.C4H6O2.Zn/c15-14(16)13-11-7-3-1-5-9(11)10-6-2-4-8-12(10)13;1-3(2)4(5)6;/h1-8,13H,(H,15,16);1H2,2H3,(H,5,6);/q;;+2/p-2. The van der Waals surface area contributed by atoms with Crippen LogP contribution in [-0.2, 0) is 29.1 Å². The summed E-state index contributed by atoms with van der Waals surface area (Å²) in [7, 11) is 0. The van der Waals surface area contributed by atoms with Crippen molar-refractivity contribution in [2.45, 2.75) is 12.8 Å². The van der Waals surface area contributed by atoms with Gasteiger partial charge in [-0.25, -0.2) is 0 Å². The van der Waals surface area contributed by atoms with Crippen LogP contribution in [-0.4, -0.2) is 11.9 Å². The molecule has 112 valence electrons. The van der Waals surface area contributed by atoms with Gasteiger partial charge in [-0.1, -0.05) is 55.1 Å². The van der Waals surface area contributed by atoms with E-state index < -0.39 is 17.9 Å². The van der Waals surface area contributed by atoms with E-state index in [-0.39, 0.29) is 25.1 Å². The van der Waals surface area contributed by atoms with E-state index in [0.29, 0.717) is 0 Å². The van der Waals surface area contributed by atoms with Gasteiger partial charge in [0.15, 0.2) is 0 Å². The monoisotopic (exact) mass is 358 g/mol. The van der Waals surface area contributed by atoms with E-state index in [1.165, 1.54) is 6.92 Å². The molecular formula is C18H14O4Zn. The number of aliphatic carboxylic acids is 2. The minimum atomic E-state index is -1.19. The molecule has 0 aromatic heterocycles. The second kappa shape index (κ2) is 7.84. The van der Waals surface area contributed by atoms with Gasteiger partial charge in [0, 0.05) is 5.92 Å². The molecule has 0 radical (unpaired) electrons. The summed E-state index contributed by atoms with van der Waals surface area (Å²) < 4.78 is 0. The van der Waals surface area contributed by atoms with Gasteiger partial charge < -0.3 is 19.8 Å². The van der Waals surface area contributed by atoms with Crippen LogP contribution in [0, 0.1) is 0 Å². The van der Waals surface area contributed by atoms with Crippen molar-refractivity contribution in [2.75, 3.05) is 0 Å². The van der Waals surface area contributed by atoms with Gasteiger partial charge in [-0.2, -0.15) is 0 Å². The van der Waals surface area contributed by atoms with Crippen LogP contribution in [0.5, 0.6) is 0 Å². The fourth-order valence-electron chi connectivity index (χ4n) is 2.41. The predicted molar refractivity (Wildman–Crippen MR) is 78.5 cm³/mol. The van der Waals surface area contributed by atoms with E-state index >= 15 is 0 Å². The Hall–Kier alpha value is -2.26. The van der Waals surface area contributed by atoms with Crippen molar-refractivity contribution in [3.8, 4) is 11.1 Å². The van der Waals surface area contributed by atoms with Crippen molar-refractivity contribution in [1.82, 2.24) is 0 Å². The summed E-state index contributed by atoms with van der Waals surface area (Å²) in [6.07, 6.45) is 0. The van der Waals surface area contributed by atoms with Crippen LogP contribution in [0.2, 0.25) is 0 Å². The third-order valence-electron chi connectivity index (χ3n) is 3.42. The number of fused-ring (bicyclic) bond motifs is 3. The first-order valence-electron chi connectivity index (χ1n) is 6.69. The van der Waals surface area contributed by atoms with Crippen LogP contribution in [0.1, 0.15) is 24.0 Å². The molecular weight excluding hydrogens is 346 g/mol. The minimum absolute atomic E-state index is 0. The van der Waals surface area contributed by atoms with Gasteiger partial charge in [0.25, 0.3) is 0 Å². The third kappa shape index (κ3) is 3.94. The molecule has 0 heterocycles. The van der Waals surface area contributed by atoms with Crippen LogP contribution >= 0.6 is 0 Å². The third-order valence-corrected chi connectivity index (χ3v) is 3.42. The van der Waals surface area contributed by atoms with Crippen molar-refractivity contribution in [2.24, 2.45) is 0 Å². The Morgan fingerprint density at radius 2 is 1.26 bits per heavy atom. The normalized spacial score (nSPS) is 11.2. The number of carboxylic acid groups (broad SMARTS) is 2. The Morgan fingerprint density at radius 3 is 1.57 bits per heavy atom. The Kier molecular flexibility index (Phi) is 6.41. The van der Waals surface area contributed by atoms with Crippen molar-refractivity contribution >= 4 is 11.9 Å². The van der Waals surface area contributed by atoms with Gasteiger partial charge in [0.1, 0.15) is 0 Å². The maximum atomic E-state index is 11.2. The molecule has 1 aliphatic carbocycles. The average Bonchev–Trinajstić information content (AvgIpc) is 2.82. The SMILES string of the molecule is C=C(C)C(=O)[O-].O=C([O-])C1c2ccccc2-c2ccccc21.[Zn+2]. The average molecular weight is 360 g/mol. The molecule has 3 rings (SSSR count). The summed E-state index contributed by atoms with van der Waals surface area (Å²) in [5.41, 5.74) is 3.75. The zero-order chi connectivity index (χ0) is 16.3. The number of carbonyl (C=O) groups excluding carboxylic acids is 2. The summed E-state index contributed by atoms with van der Waals surface area (Å²) in [6, 6.07) is 15.2. The van der Waals surface area contributed by atoms with Crippen LogP contribution < -0.4 is 10.2 Å². The smallest absolute Gasteiger partial charge is 0.549 e. The van der Waals surface area contributed by atoms with E-state index in [9.17, 15) is 19.8 Å². The quantitative estimate of drug-likeness (QED) is 0.588. The number of hydrogen-bond donors (Lipinski definition) is 0. The van der Waals surface area contributed by atoms with Gasteiger partial charge in [0.05, 0.1) is 11.9 Å². The van der Waals surface area contributed by atoms with Crippen LogP contribution in [0.25, 0.3) is 11.1 Å². The van der Waals surface area contributed by atoms with Gasteiger partial charge >= 0.3 is 19.5 Å². The second-order valence-corrected chi connectivity index (χ2v) is 4.99. The molecule has 4 nitrogen and oxygen atoms in total. The van der Waals surface area contributed by atoms with Crippen LogP contribution in [0.4, 0.5) is 0 Å². The molecule has 0 N–H and O–H groups in total. The van der Waals surface area contributed by atoms with Crippen molar-refractivity contribution in [1.29, 1.82) is 0 Å². The van der Waals surface area contributed by atoms with Gasteiger partial charge in [-0.3, -0.25) is 0 Å². The van der Waals surface area contributed by atoms with Crippen molar-refractivity contribution < 1.29 is 39.3 Å². The first-order chi connectivity index (χ1) is 10.4. The molecule has 5 heteroatoms. The van der Waals surface area contributed by atoms with Crippen LogP contribution in [0.3, 0.4) is 0 Å². The van der Waals surface area contributed by atoms with Gasteiger partial charge in [0.2, 0.25) is 0 Å². The number of carboxylic acids is 2. The minimum Gasteiger partial charge on any atom is -0.549 e. The van der Waals surface area contributed by atoms with Gasteiger partial charge in [-0.15, -0.1) is 0 Å². The molecule has 0 amide bonds. The first-order valence-corrected chi connectivity index (χ1v) is 6.69. The van der Waals surface area contributed by atoms with Crippen molar-refractivity contribution in [3.63, 3.8) is 0 Å². The summed E-state index contributed by atoms with van der Waals surface area (Å²) in [5, 5.41) is 20.7. The molecule has 0 aliphatic heterocycles. The Balaban J connectivity index is 0.000000330. The topological polar surface area (TPSA) is 80.3 Å². The fraction of sp³-hybridized carbons (Fsp3) is 0.111. The first kappa shape index (κ1) is 18.8. The molecule has 23 heavy (non-hydrogen) atoms. The van der Waals surface area contributed by atoms with Crippen LogP contribution in [0.15, 0.2) is 60.7 Å². The van der Waals surface area contributed by atoms with Crippen molar-refractivity contribution in [3.05, 3.63) is 71.8 Å². The fourth-order valence-corrected chi connectivity index (χ4v) is 2.41. The zero-order valence-electron chi connectivity index (χ0n) is 12.7. The summed E-state index contributed by atoms with van der Waals surface area (Å²) in [5.74, 6) is -2.83. The molecule has 0 bridgehead atoms. The molecule has 0 atom stereocenters. The van der Waals surface area contributed by atoms with Gasteiger partial charge in [-0.05, 0) is 34.8 Å². The summed E-state index contributed by atoms with van der Waals surface area (Å²) in [4.78, 5) is 20.7. The molecule has 0 unspecified atom stereocenters. The number of benzene rings is 2. The Bertz CT molecular complexity index is 695. The summed E-state index contributed by atoms with van der Waals surface area (Å²) >= 11 is 0. The molecule has 0 saturated carbocycles. The molecule has 2 aromatic carbocycles. The molecule has 0 fully saturated rings. The maximum absolute atomic E-state index is 11.2. The predicted octanol–water partition coefficient (Wildman–Crippen LogP) is 0.859. The molecule has 1 aliphatic rings. The number of hydrogen-bond acceptors (Lipinski definition) is 4. The number of carbonyl (C=O) groups is 2. The Labute approximate surface area is 147 Å². The number of rotatable bonds is 2. The van der Waals surface area contributed by atoms with E-state index in [1.807, 2.05) is 48.5 Å². The van der Waals surface area contributed by atoms with E-state index in [2.05, 4.69) is 6.58 Å². The van der Waals surface area contributed by atoms with E-state index in [0.717, 1.165) is 22.3 Å². The molecule has 0 saturated heterocycles. The Morgan fingerprint density at radius 1 is 0.913 bits per heavy atom. The maximum Gasteiger partial charge on any atom is 2.00 e.